The first-order valence-corrected chi connectivity index (χ1v) is 14.5. The normalized spacial score (nSPS) is 11.6. The van der Waals surface area contributed by atoms with Gasteiger partial charge in [0.1, 0.15) is 5.75 Å². The zero-order chi connectivity index (χ0) is 25.9. The minimum absolute atomic E-state index is 0.0350. The zero-order valence-electron chi connectivity index (χ0n) is 22.6. The van der Waals surface area contributed by atoms with Gasteiger partial charge in [0.05, 0.1) is 16.8 Å². The van der Waals surface area contributed by atoms with Crippen LogP contribution < -0.4 is 4.74 Å². The summed E-state index contributed by atoms with van der Waals surface area (Å²) in [5, 5.41) is 0. The standard InChI is InChI=1S/C31H43BrN2O2/c1-5-7-17-33(18-8-6-2)19-11-9-13-21-36-29-16-15-25(22-28(29)32)31(35)30-27(24(3)4)23-26-14-10-12-20-34(26)30/h10,12,14-16,20,22-24H,5-9,11,13,17-19,21H2,1-4H3. The summed E-state index contributed by atoms with van der Waals surface area (Å²) in [5.74, 6) is 1.09. The Hall–Kier alpha value is -2.11. The van der Waals surface area contributed by atoms with Gasteiger partial charge in [-0.3, -0.25) is 4.79 Å². The molecule has 0 aliphatic heterocycles. The van der Waals surface area contributed by atoms with Crippen LogP contribution in [-0.2, 0) is 0 Å². The molecule has 3 rings (SSSR count). The highest BCUT2D eigenvalue weighted by Crippen LogP contribution is 2.30. The van der Waals surface area contributed by atoms with Gasteiger partial charge in [0.25, 0.3) is 0 Å². The Morgan fingerprint density at radius 3 is 2.33 bits per heavy atom. The quantitative estimate of drug-likeness (QED) is 0.131. The summed E-state index contributed by atoms with van der Waals surface area (Å²) in [7, 11) is 0. The highest BCUT2D eigenvalue weighted by atomic mass is 79.9. The number of unbranched alkanes of at least 4 members (excludes halogenated alkanes) is 4. The van der Waals surface area contributed by atoms with Crippen molar-refractivity contribution >= 4 is 27.2 Å². The van der Waals surface area contributed by atoms with Crippen molar-refractivity contribution in [3.05, 3.63) is 70.0 Å². The van der Waals surface area contributed by atoms with Crippen LogP contribution in [-0.4, -0.2) is 41.3 Å². The predicted octanol–water partition coefficient (Wildman–Crippen LogP) is 8.51. The van der Waals surface area contributed by atoms with Crippen LogP contribution in [0.1, 0.15) is 100 Å². The van der Waals surface area contributed by atoms with Crippen molar-refractivity contribution in [1.29, 1.82) is 0 Å². The molecule has 4 nitrogen and oxygen atoms in total. The predicted molar refractivity (Wildman–Crippen MR) is 155 cm³/mol. The van der Waals surface area contributed by atoms with E-state index in [4.69, 9.17) is 4.74 Å². The van der Waals surface area contributed by atoms with Gasteiger partial charge in [-0.2, -0.15) is 0 Å². The fourth-order valence-electron chi connectivity index (χ4n) is 4.62. The third-order valence-electron chi connectivity index (χ3n) is 6.77. The second kappa shape index (κ2) is 14.6. The Morgan fingerprint density at radius 2 is 1.67 bits per heavy atom. The van der Waals surface area contributed by atoms with Crippen LogP contribution >= 0.6 is 15.9 Å². The molecular weight excluding hydrogens is 512 g/mol. The molecule has 196 valence electrons. The number of hydrogen-bond acceptors (Lipinski definition) is 3. The number of benzene rings is 1. The number of nitrogens with zero attached hydrogens (tertiary/aromatic N) is 2. The first kappa shape index (κ1) is 28.5. The Bertz CT molecular complexity index is 1100. The molecule has 2 heterocycles. The number of carbonyl (C=O) groups is 1. The van der Waals surface area contributed by atoms with Crippen molar-refractivity contribution in [3.8, 4) is 5.75 Å². The average molecular weight is 556 g/mol. The molecule has 0 N–H and O–H groups in total. The van der Waals surface area contributed by atoms with Crippen molar-refractivity contribution in [2.75, 3.05) is 26.2 Å². The topological polar surface area (TPSA) is 34.0 Å². The van der Waals surface area contributed by atoms with Crippen molar-refractivity contribution < 1.29 is 9.53 Å². The Balaban J connectivity index is 1.54. The molecule has 0 amide bonds. The summed E-state index contributed by atoms with van der Waals surface area (Å²) in [4.78, 5) is 16.2. The molecule has 0 saturated heterocycles. The summed E-state index contributed by atoms with van der Waals surface area (Å²) in [6.07, 6.45) is 10.5. The summed E-state index contributed by atoms with van der Waals surface area (Å²) >= 11 is 3.64. The van der Waals surface area contributed by atoms with Gasteiger partial charge in [-0.1, -0.05) is 46.6 Å². The first-order chi connectivity index (χ1) is 17.5. The molecule has 1 aromatic carbocycles. The molecule has 0 spiro atoms. The van der Waals surface area contributed by atoms with Crippen LogP contribution in [0.3, 0.4) is 0 Å². The molecule has 0 unspecified atom stereocenters. The van der Waals surface area contributed by atoms with Gasteiger partial charge in [0, 0.05) is 17.3 Å². The average Bonchev–Trinajstić information content (AvgIpc) is 3.27. The summed E-state index contributed by atoms with van der Waals surface area (Å²) in [6, 6.07) is 13.8. The molecule has 0 aliphatic rings. The molecule has 0 atom stereocenters. The smallest absolute Gasteiger partial charge is 0.210 e. The largest absolute Gasteiger partial charge is 0.492 e. The molecule has 2 aromatic heterocycles. The van der Waals surface area contributed by atoms with Crippen molar-refractivity contribution in [1.82, 2.24) is 9.30 Å². The molecule has 0 bridgehead atoms. The second-order valence-corrected chi connectivity index (χ2v) is 10.9. The second-order valence-electron chi connectivity index (χ2n) is 10.0. The number of ketones is 1. The number of halogens is 1. The number of rotatable bonds is 16. The Labute approximate surface area is 226 Å². The van der Waals surface area contributed by atoms with E-state index in [1.807, 2.05) is 47.0 Å². The molecule has 5 heteroatoms. The van der Waals surface area contributed by atoms with E-state index in [0.29, 0.717) is 12.2 Å². The summed E-state index contributed by atoms with van der Waals surface area (Å²) < 4.78 is 8.88. The van der Waals surface area contributed by atoms with Gasteiger partial charge in [-0.05, 0) is 116 Å². The van der Waals surface area contributed by atoms with Crippen LogP contribution in [0.2, 0.25) is 0 Å². The van der Waals surface area contributed by atoms with E-state index in [1.165, 1.54) is 58.2 Å². The van der Waals surface area contributed by atoms with Gasteiger partial charge >= 0.3 is 0 Å². The fourth-order valence-corrected chi connectivity index (χ4v) is 5.11. The minimum Gasteiger partial charge on any atom is -0.492 e. The number of aromatic nitrogens is 1. The van der Waals surface area contributed by atoms with Gasteiger partial charge in [0.15, 0.2) is 0 Å². The Morgan fingerprint density at radius 1 is 0.944 bits per heavy atom. The monoisotopic (exact) mass is 554 g/mol. The van der Waals surface area contributed by atoms with Crippen LogP contribution in [0.15, 0.2) is 53.1 Å². The zero-order valence-corrected chi connectivity index (χ0v) is 24.1. The number of pyridine rings is 1. The molecule has 0 fully saturated rings. The van der Waals surface area contributed by atoms with E-state index in [-0.39, 0.29) is 11.7 Å². The van der Waals surface area contributed by atoms with Crippen molar-refractivity contribution in [3.63, 3.8) is 0 Å². The third-order valence-corrected chi connectivity index (χ3v) is 7.39. The number of hydrogen-bond donors (Lipinski definition) is 0. The third kappa shape index (κ3) is 7.69. The van der Waals surface area contributed by atoms with E-state index in [2.05, 4.69) is 54.6 Å². The minimum atomic E-state index is 0.0350. The lowest BCUT2D eigenvalue weighted by molar-refractivity contribution is 0.103. The SMILES string of the molecule is CCCCN(CCCC)CCCCCOc1ccc(C(=O)c2c(C(C)C)cc3ccccn23)cc1Br. The van der Waals surface area contributed by atoms with Gasteiger partial charge in [-0.25, -0.2) is 0 Å². The molecular formula is C31H43BrN2O2. The molecule has 0 radical (unpaired) electrons. The van der Waals surface area contributed by atoms with E-state index in [0.717, 1.165) is 33.4 Å². The lowest BCUT2D eigenvalue weighted by atomic mass is 9.98. The Kier molecular flexibility index (Phi) is 11.5. The van der Waals surface area contributed by atoms with Gasteiger partial charge < -0.3 is 14.0 Å². The lowest BCUT2D eigenvalue weighted by Crippen LogP contribution is -2.27. The molecule has 3 aromatic rings. The summed E-state index contributed by atoms with van der Waals surface area (Å²) in [6.45, 7) is 13.1. The molecule has 36 heavy (non-hydrogen) atoms. The lowest BCUT2D eigenvalue weighted by Gasteiger charge is -2.21. The van der Waals surface area contributed by atoms with Gasteiger partial charge in [0.2, 0.25) is 5.78 Å². The maximum absolute atomic E-state index is 13.5. The fraction of sp³-hybridized carbons (Fsp3) is 0.516. The molecule has 0 saturated carbocycles. The van der Waals surface area contributed by atoms with E-state index in [9.17, 15) is 4.79 Å². The maximum atomic E-state index is 13.5. The highest BCUT2D eigenvalue weighted by molar-refractivity contribution is 9.10. The number of ether oxygens (including phenoxy) is 1. The number of carbonyl (C=O) groups excluding carboxylic acids is 1. The molecule has 0 aliphatic carbocycles. The van der Waals surface area contributed by atoms with Gasteiger partial charge in [-0.15, -0.1) is 0 Å². The van der Waals surface area contributed by atoms with Crippen LogP contribution in [0.25, 0.3) is 5.52 Å². The number of fused-ring (bicyclic) bond motifs is 1. The van der Waals surface area contributed by atoms with Crippen LogP contribution in [0.5, 0.6) is 5.75 Å². The van der Waals surface area contributed by atoms with E-state index >= 15 is 0 Å². The van der Waals surface area contributed by atoms with E-state index < -0.39 is 0 Å². The maximum Gasteiger partial charge on any atom is 0.210 e. The van der Waals surface area contributed by atoms with Crippen molar-refractivity contribution in [2.45, 2.75) is 78.6 Å². The van der Waals surface area contributed by atoms with Crippen LogP contribution in [0.4, 0.5) is 0 Å². The summed E-state index contributed by atoms with van der Waals surface area (Å²) in [5.41, 5.74) is 3.53. The highest BCUT2D eigenvalue weighted by Gasteiger charge is 2.21. The van der Waals surface area contributed by atoms with Crippen LogP contribution in [0, 0.1) is 0 Å². The van der Waals surface area contributed by atoms with E-state index in [1.54, 1.807) is 0 Å². The first-order valence-electron chi connectivity index (χ1n) is 13.8. The van der Waals surface area contributed by atoms with Crippen molar-refractivity contribution in [2.24, 2.45) is 0 Å².